The summed E-state index contributed by atoms with van der Waals surface area (Å²) >= 11 is 0. The average Bonchev–Trinajstić information content (AvgIpc) is 3.20. The second kappa shape index (κ2) is 45.9. The van der Waals surface area contributed by atoms with Crippen LogP contribution in [0.2, 0.25) is 0 Å². The molecule has 0 aromatic rings. The topological polar surface area (TPSA) is 78.9 Å². The van der Waals surface area contributed by atoms with Gasteiger partial charge in [0.1, 0.15) is 13.2 Å². The van der Waals surface area contributed by atoms with Crippen LogP contribution in [-0.2, 0) is 28.6 Å². The van der Waals surface area contributed by atoms with Crippen LogP contribution in [0.4, 0.5) is 0 Å². The maximum Gasteiger partial charge on any atom is 0.306 e. The van der Waals surface area contributed by atoms with Gasteiger partial charge in [0, 0.05) is 19.3 Å². The minimum atomic E-state index is -0.761. The summed E-state index contributed by atoms with van der Waals surface area (Å²) in [6.07, 6.45) is 46.6. The van der Waals surface area contributed by atoms with E-state index in [4.69, 9.17) is 14.2 Å². The Labute approximate surface area is 368 Å². The number of rotatable bonds is 47. The molecule has 6 heteroatoms. The molecule has 0 aromatic carbocycles. The van der Waals surface area contributed by atoms with Gasteiger partial charge in [-0.1, -0.05) is 253 Å². The Morgan fingerprint density at radius 1 is 0.322 bits per heavy atom. The predicted molar refractivity (Wildman–Crippen MR) is 252 cm³/mol. The lowest BCUT2D eigenvalue weighted by atomic mass is 10.0. The molecule has 0 amide bonds. The molecule has 350 valence electrons. The molecule has 0 saturated carbocycles. The summed E-state index contributed by atoms with van der Waals surface area (Å²) in [4.78, 5) is 37.9. The maximum absolute atomic E-state index is 12.8. The van der Waals surface area contributed by atoms with Gasteiger partial charge in [0.25, 0.3) is 0 Å². The molecular weight excluding hydrogens is 733 g/mol. The molecule has 0 spiro atoms. The van der Waals surface area contributed by atoms with Gasteiger partial charge in [-0.05, 0) is 31.1 Å². The van der Waals surface area contributed by atoms with Crippen LogP contribution in [0.5, 0.6) is 0 Å². The van der Waals surface area contributed by atoms with Crippen molar-refractivity contribution in [1.82, 2.24) is 0 Å². The summed E-state index contributed by atoms with van der Waals surface area (Å²) < 4.78 is 16.8. The fourth-order valence-corrected chi connectivity index (χ4v) is 7.99. The molecule has 0 aliphatic heterocycles. The number of esters is 3. The van der Waals surface area contributed by atoms with Crippen LogP contribution >= 0.6 is 0 Å². The van der Waals surface area contributed by atoms with E-state index in [-0.39, 0.29) is 31.1 Å². The summed E-state index contributed by atoms with van der Waals surface area (Å²) in [6.45, 7) is 11.4. The average molecular weight is 835 g/mol. The molecule has 0 saturated heterocycles. The van der Waals surface area contributed by atoms with Crippen LogP contribution in [0.3, 0.4) is 0 Å². The van der Waals surface area contributed by atoms with Crippen LogP contribution in [0.15, 0.2) is 0 Å². The lowest BCUT2D eigenvalue weighted by Gasteiger charge is -2.18. The van der Waals surface area contributed by atoms with Gasteiger partial charge in [-0.15, -0.1) is 0 Å². The Balaban J connectivity index is 4.28. The third-order valence-corrected chi connectivity index (χ3v) is 12.0. The molecule has 0 heterocycles. The van der Waals surface area contributed by atoms with Gasteiger partial charge in [-0.25, -0.2) is 0 Å². The molecule has 0 aromatic heterocycles. The van der Waals surface area contributed by atoms with Crippen molar-refractivity contribution in [2.45, 2.75) is 298 Å². The van der Waals surface area contributed by atoms with Crippen LogP contribution in [-0.4, -0.2) is 37.2 Å². The minimum absolute atomic E-state index is 0.0638. The second-order valence-corrected chi connectivity index (χ2v) is 19.1. The molecule has 0 unspecified atom stereocenters. The standard InChI is InChI=1S/C53H102O6/c1-6-7-8-9-10-11-12-19-22-28-33-38-43-51(54)57-46-50(47-58-52(55)44-39-34-29-25-24-27-32-37-42-49(4)5)59-53(56)45-40-35-30-23-20-17-15-13-14-16-18-21-26-31-36-41-48(2)3/h48-50H,6-47H2,1-5H3/t50-/m0/s1. The monoisotopic (exact) mass is 835 g/mol. The van der Waals surface area contributed by atoms with E-state index in [0.717, 1.165) is 69.6 Å². The number of carbonyl (C=O) groups excluding carboxylic acids is 3. The van der Waals surface area contributed by atoms with Crippen LogP contribution in [0.1, 0.15) is 291 Å². The van der Waals surface area contributed by atoms with E-state index in [1.807, 2.05) is 0 Å². The first-order valence-electron chi connectivity index (χ1n) is 26.2. The van der Waals surface area contributed by atoms with Crippen molar-refractivity contribution in [3.63, 3.8) is 0 Å². The van der Waals surface area contributed by atoms with Gasteiger partial charge >= 0.3 is 17.9 Å². The van der Waals surface area contributed by atoms with E-state index in [1.165, 1.54) is 180 Å². The highest BCUT2D eigenvalue weighted by molar-refractivity contribution is 5.71. The van der Waals surface area contributed by atoms with E-state index >= 15 is 0 Å². The Hall–Kier alpha value is -1.59. The Kier molecular flexibility index (Phi) is 44.7. The number of ether oxygens (including phenoxy) is 3. The quantitative estimate of drug-likeness (QED) is 0.0345. The largest absolute Gasteiger partial charge is 0.462 e. The van der Waals surface area contributed by atoms with E-state index in [0.29, 0.717) is 19.3 Å². The Morgan fingerprint density at radius 2 is 0.559 bits per heavy atom. The van der Waals surface area contributed by atoms with Crippen molar-refractivity contribution in [2.24, 2.45) is 11.8 Å². The van der Waals surface area contributed by atoms with Gasteiger partial charge in [0.15, 0.2) is 6.10 Å². The van der Waals surface area contributed by atoms with Crippen molar-refractivity contribution >= 4 is 17.9 Å². The van der Waals surface area contributed by atoms with Gasteiger partial charge in [0.05, 0.1) is 0 Å². The zero-order valence-electron chi connectivity index (χ0n) is 40.4. The molecular formula is C53H102O6. The molecule has 0 N–H and O–H groups in total. The first-order chi connectivity index (χ1) is 28.7. The SMILES string of the molecule is CCCCCCCCCCCCCCC(=O)OC[C@@H](COC(=O)CCCCCCCCCCC(C)C)OC(=O)CCCCCCCCCCCCCCCCCC(C)C. The van der Waals surface area contributed by atoms with Crippen molar-refractivity contribution in [3.05, 3.63) is 0 Å². The van der Waals surface area contributed by atoms with E-state index in [1.54, 1.807) is 0 Å². The molecule has 59 heavy (non-hydrogen) atoms. The summed E-state index contributed by atoms with van der Waals surface area (Å²) in [7, 11) is 0. The second-order valence-electron chi connectivity index (χ2n) is 19.1. The predicted octanol–water partition coefficient (Wildman–Crippen LogP) is 16.9. The molecule has 0 aliphatic carbocycles. The van der Waals surface area contributed by atoms with Gasteiger partial charge in [0.2, 0.25) is 0 Å². The normalized spacial score (nSPS) is 12.1. The Bertz CT molecular complexity index is 900. The minimum Gasteiger partial charge on any atom is -0.462 e. The van der Waals surface area contributed by atoms with Gasteiger partial charge in [-0.2, -0.15) is 0 Å². The van der Waals surface area contributed by atoms with E-state index in [2.05, 4.69) is 34.6 Å². The summed E-state index contributed by atoms with van der Waals surface area (Å²) in [5, 5.41) is 0. The van der Waals surface area contributed by atoms with Crippen molar-refractivity contribution in [2.75, 3.05) is 13.2 Å². The smallest absolute Gasteiger partial charge is 0.306 e. The number of unbranched alkanes of at least 4 members (excludes halogenated alkanes) is 32. The van der Waals surface area contributed by atoms with E-state index in [9.17, 15) is 14.4 Å². The Morgan fingerprint density at radius 3 is 0.831 bits per heavy atom. The molecule has 1 atom stereocenters. The number of hydrogen-bond acceptors (Lipinski definition) is 6. The zero-order chi connectivity index (χ0) is 43.3. The zero-order valence-corrected chi connectivity index (χ0v) is 40.4. The van der Waals surface area contributed by atoms with Gasteiger partial charge in [-0.3, -0.25) is 14.4 Å². The lowest BCUT2D eigenvalue weighted by molar-refractivity contribution is -0.167. The van der Waals surface area contributed by atoms with Gasteiger partial charge < -0.3 is 14.2 Å². The number of hydrogen-bond donors (Lipinski definition) is 0. The molecule has 6 nitrogen and oxygen atoms in total. The third-order valence-electron chi connectivity index (χ3n) is 12.0. The molecule has 0 bridgehead atoms. The lowest BCUT2D eigenvalue weighted by Crippen LogP contribution is -2.30. The fraction of sp³-hybridized carbons (Fsp3) is 0.943. The van der Waals surface area contributed by atoms with Crippen molar-refractivity contribution in [1.29, 1.82) is 0 Å². The third kappa shape index (κ3) is 47.3. The highest BCUT2D eigenvalue weighted by Crippen LogP contribution is 2.17. The van der Waals surface area contributed by atoms with Crippen LogP contribution in [0.25, 0.3) is 0 Å². The fourth-order valence-electron chi connectivity index (χ4n) is 7.99. The highest BCUT2D eigenvalue weighted by atomic mass is 16.6. The van der Waals surface area contributed by atoms with Crippen LogP contribution in [0, 0.1) is 11.8 Å². The summed E-state index contributed by atoms with van der Waals surface area (Å²) in [5.41, 5.74) is 0. The highest BCUT2D eigenvalue weighted by Gasteiger charge is 2.19. The maximum atomic E-state index is 12.8. The molecule has 0 radical (unpaired) electrons. The molecule has 0 aliphatic rings. The molecule has 0 fully saturated rings. The summed E-state index contributed by atoms with van der Waals surface area (Å²) in [6, 6.07) is 0. The van der Waals surface area contributed by atoms with Crippen molar-refractivity contribution in [3.8, 4) is 0 Å². The molecule has 0 rings (SSSR count). The number of carbonyl (C=O) groups is 3. The first-order valence-corrected chi connectivity index (χ1v) is 26.2. The first kappa shape index (κ1) is 57.4. The van der Waals surface area contributed by atoms with Crippen LogP contribution < -0.4 is 0 Å². The van der Waals surface area contributed by atoms with E-state index < -0.39 is 6.10 Å². The summed E-state index contributed by atoms with van der Waals surface area (Å²) in [5.74, 6) is 0.796. The van der Waals surface area contributed by atoms with Crippen molar-refractivity contribution < 1.29 is 28.6 Å².